The largest absolute Gasteiger partial charge is 0.296 e. The standard InChI is InChI=1S/C4H5NOS/c1-3-2-7-5-4(3)6/h1-2H2,(H,5,6). The molecule has 0 radical (unpaired) electrons. The molecule has 1 aliphatic heterocycles. The monoisotopic (exact) mass is 115 g/mol. The van der Waals surface area contributed by atoms with Crippen LogP contribution >= 0.6 is 11.9 Å². The lowest BCUT2D eigenvalue weighted by Gasteiger charge is -1.80. The number of amides is 1. The molecule has 0 saturated carbocycles. The van der Waals surface area contributed by atoms with E-state index >= 15 is 0 Å². The first-order valence-corrected chi connectivity index (χ1v) is 2.89. The van der Waals surface area contributed by atoms with Gasteiger partial charge >= 0.3 is 0 Å². The van der Waals surface area contributed by atoms with Gasteiger partial charge in [0.15, 0.2) is 0 Å². The summed E-state index contributed by atoms with van der Waals surface area (Å²) in [5, 5.41) is 0. The maximum absolute atomic E-state index is 10.3. The minimum atomic E-state index is -0.0231. The Morgan fingerprint density at radius 1 is 1.86 bits per heavy atom. The molecule has 0 spiro atoms. The summed E-state index contributed by atoms with van der Waals surface area (Å²) in [6, 6.07) is 0. The molecule has 1 rings (SSSR count). The summed E-state index contributed by atoms with van der Waals surface area (Å²) in [7, 11) is 0. The third-order valence-corrected chi connectivity index (χ3v) is 1.55. The summed E-state index contributed by atoms with van der Waals surface area (Å²) in [6.45, 7) is 3.50. The van der Waals surface area contributed by atoms with Crippen molar-refractivity contribution in [2.24, 2.45) is 0 Å². The van der Waals surface area contributed by atoms with Crippen molar-refractivity contribution in [1.29, 1.82) is 0 Å². The van der Waals surface area contributed by atoms with Gasteiger partial charge in [-0.05, 0) is 11.9 Å². The highest BCUT2D eigenvalue weighted by Crippen LogP contribution is 2.10. The minimum Gasteiger partial charge on any atom is -0.296 e. The van der Waals surface area contributed by atoms with Gasteiger partial charge in [-0.3, -0.25) is 9.52 Å². The van der Waals surface area contributed by atoms with E-state index in [-0.39, 0.29) is 5.91 Å². The Labute approximate surface area is 46.1 Å². The van der Waals surface area contributed by atoms with Crippen LogP contribution in [-0.2, 0) is 4.79 Å². The average molecular weight is 115 g/mol. The lowest BCUT2D eigenvalue weighted by Crippen LogP contribution is -2.07. The van der Waals surface area contributed by atoms with E-state index in [4.69, 9.17) is 0 Å². The van der Waals surface area contributed by atoms with Gasteiger partial charge in [0.1, 0.15) is 0 Å². The van der Waals surface area contributed by atoms with Crippen molar-refractivity contribution >= 4 is 17.9 Å². The predicted octanol–water partition coefficient (Wildman–Crippen LogP) is 0.321. The highest BCUT2D eigenvalue weighted by atomic mass is 32.2. The van der Waals surface area contributed by atoms with Crippen molar-refractivity contribution in [1.82, 2.24) is 4.72 Å². The van der Waals surface area contributed by atoms with E-state index in [0.717, 1.165) is 5.75 Å². The molecule has 2 nitrogen and oxygen atoms in total. The van der Waals surface area contributed by atoms with Crippen LogP contribution in [0.1, 0.15) is 0 Å². The SMILES string of the molecule is C=C1CSNC1=O. The van der Waals surface area contributed by atoms with Crippen molar-refractivity contribution in [3.63, 3.8) is 0 Å². The molecule has 0 aromatic rings. The van der Waals surface area contributed by atoms with Crippen LogP contribution in [0.25, 0.3) is 0 Å². The number of hydrogen-bond acceptors (Lipinski definition) is 2. The quantitative estimate of drug-likeness (QED) is 0.364. The fourth-order valence-corrected chi connectivity index (χ4v) is 0.979. The second-order valence-corrected chi connectivity index (χ2v) is 2.10. The zero-order valence-corrected chi connectivity index (χ0v) is 4.55. The molecule has 7 heavy (non-hydrogen) atoms. The molecule has 1 heterocycles. The van der Waals surface area contributed by atoms with Gasteiger partial charge in [0.2, 0.25) is 0 Å². The van der Waals surface area contributed by atoms with Gasteiger partial charge < -0.3 is 0 Å². The Morgan fingerprint density at radius 2 is 2.57 bits per heavy atom. The van der Waals surface area contributed by atoms with Gasteiger partial charge in [-0.25, -0.2) is 0 Å². The van der Waals surface area contributed by atoms with Crippen LogP contribution in [0.3, 0.4) is 0 Å². The van der Waals surface area contributed by atoms with Crippen molar-refractivity contribution in [3.8, 4) is 0 Å². The molecule has 38 valence electrons. The van der Waals surface area contributed by atoms with E-state index in [2.05, 4.69) is 11.3 Å². The Bertz CT molecular complexity index is 107. The van der Waals surface area contributed by atoms with Gasteiger partial charge in [-0.1, -0.05) is 6.58 Å². The molecule has 0 aromatic carbocycles. The number of carbonyl (C=O) groups excluding carboxylic acids is 1. The molecule has 0 aliphatic carbocycles. The Kier molecular flexibility index (Phi) is 1.06. The maximum atomic E-state index is 10.3. The van der Waals surface area contributed by atoms with Crippen molar-refractivity contribution in [2.75, 3.05) is 5.75 Å². The predicted molar refractivity (Wildman–Crippen MR) is 29.7 cm³/mol. The van der Waals surface area contributed by atoms with Crippen molar-refractivity contribution in [3.05, 3.63) is 12.2 Å². The van der Waals surface area contributed by atoms with Gasteiger partial charge in [-0.2, -0.15) is 0 Å². The summed E-state index contributed by atoms with van der Waals surface area (Å²) in [6.07, 6.45) is 0. The molecule has 1 saturated heterocycles. The molecule has 1 aliphatic rings. The summed E-state index contributed by atoms with van der Waals surface area (Å²) in [5.41, 5.74) is 0.671. The van der Waals surface area contributed by atoms with Gasteiger partial charge in [0.25, 0.3) is 5.91 Å². The molecule has 0 unspecified atom stereocenters. The van der Waals surface area contributed by atoms with Crippen LogP contribution in [-0.4, -0.2) is 11.7 Å². The summed E-state index contributed by atoms with van der Waals surface area (Å²) < 4.78 is 2.55. The number of nitrogens with one attached hydrogen (secondary N) is 1. The average Bonchev–Trinajstić information content (AvgIpc) is 1.91. The highest BCUT2D eigenvalue weighted by Gasteiger charge is 2.12. The lowest BCUT2D eigenvalue weighted by atomic mass is 10.3. The van der Waals surface area contributed by atoms with E-state index in [1.54, 1.807) is 0 Å². The smallest absolute Gasteiger partial charge is 0.257 e. The Balaban J connectivity index is 2.65. The van der Waals surface area contributed by atoms with E-state index in [9.17, 15) is 4.79 Å². The number of carbonyl (C=O) groups is 1. The first-order valence-electron chi connectivity index (χ1n) is 1.90. The maximum Gasteiger partial charge on any atom is 0.257 e. The molecule has 0 aromatic heterocycles. The molecule has 3 heteroatoms. The molecule has 0 bridgehead atoms. The summed E-state index contributed by atoms with van der Waals surface area (Å²) in [5.74, 6) is 0.712. The summed E-state index contributed by atoms with van der Waals surface area (Å²) >= 11 is 1.39. The first-order chi connectivity index (χ1) is 3.30. The van der Waals surface area contributed by atoms with E-state index < -0.39 is 0 Å². The van der Waals surface area contributed by atoms with Crippen LogP contribution in [0.2, 0.25) is 0 Å². The fraction of sp³-hybridized carbons (Fsp3) is 0.250. The third-order valence-electron chi connectivity index (χ3n) is 0.732. The minimum absolute atomic E-state index is 0.0231. The lowest BCUT2D eigenvalue weighted by molar-refractivity contribution is -0.115. The number of hydrogen-bond donors (Lipinski definition) is 1. The number of rotatable bonds is 0. The van der Waals surface area contributed by atoms with Crippen molar-refractivity contribution < 1.29 is 4.79 Å². The molecular weight excluding hydrogens is 110 g/mol. The molecule has 1 N–H and O–H groups in total. The highest BCUT2D eigenvalue weighted by molar-refractivity contribution is 7.98. The first kappa shape index (κ1) is 4.71. The van der Waals surface area contributed by atoms with Crippen LogP contribution in [0.15, 0.2) is 12.2 Å². The molecule has 1 amide bonds. The second-order valence-electron chi connectivity index (χ2n) is 1.32. The second kappa shape index (κ2) is 1.58. The van der Waals surface area contributed by atoms with Crippen LogP contribution in [0.5, 0.6) is 0 Å². The van der Waals surface area contributed by atoms with Gasteiger partial charge in [0.05, 0.1) is 0 Å². The molecule has 0 atom stereocenters. The Morgan fingerprint density at radius 3 is 2.71 bits per heavy atom. The van der Waals surface area contributed by atoms with Gasteiger partial charge in [-0.15, -0.1) is 0 Å². The topological polar surface area (TPSA) is 29.1 Å². The van der Waals surface area contributed by atoms with Crippen LogP contribution < -0.4 is 4.72 Å². The normalized spacial score (nSPS) is 20.0. The fourth-order valence-electron chi connectivity index (χ4n) is 0.326. The van der Waals surface area contributed by atoms with Crippen LogP contribution in [0, 0.1) is 0 Å². The zero-order valence-electron chi connectivity index (χ0n) is 3.73. The van der Waals surface area contributed by atoms with Crippen LogP contribution in [0.4, 0.5) is 0 Å². The van der Waals surface area contributed by atoms with E-state index in [0.29, 0.717) is 5.57 Å². The van der Waals surface area contributed by atoms with E-state index in [1.165, 1.54) is 11.9 Å². The van der Waals surface area contributed by atoms with E-state index in [1.807, 2.05) is 0 Å². The molecule has 1 fully saturated rings. The van der Waals surface area contributed by atoms with Gasteiger partial charge in [0, 0.05) is 11.3 Å². The summed E-state index contributed by atoms with van der Waals surface area (Å²) in [4.78, 5) is 10.3. The molecular formula is C4H5NOS. The third kappa shape index (κ3) is 0.771. The van der Waals surface area contributed by atoms with Crippen molar-refractivity contribution in [2.45, 2.75) is 0 Å². The zero-order chi connectivity index (χ0) is 5.28. The Hall–Kier alpha value is -0.440.